The molecular formula is C14H18BrF3N2O. The molecule has 7 heteroatoms. The molecule has 21 heavy (non-hydrogen) atoms. The van der Waals surface area contributed by atoms with Gasteiger partial charge in [0.05, 0.1) is 4.47 Å². The van der Waals surface area contributed by atoms with Crippen molar-refractivity contribution in [2.45, 2.75) is 32.2 Å². The van der Waals surface area contributed by atoms with Crippen LogP contribution in [0.1, 0.15) is 19.8 Å². The quantitative estimate of drug-likeness (QED) is 0.877. The predicted octanol–water partition coefficient (Wildman–Crippen LogP) is 3.93. The number of anilines is 1. The van der Waals surface area contributed by atoms with Crippen molar-refractivity contribution in [3.63, 3.8) is 0 Å². The maximum atomic E-state index is 12.3. The highest BCUT2D eigenvalue weighted by molar-refractivity contribution is 9.10. The van der Waals surface area contributed by atoms with Crippen molar-refractivity contribution in [3.8, 4) is 5.75 Å². The molecule has 1 fully saturated rings. The summed E-state index contributed by atoms with van der Waals surface area (Å²) in [6.07, 6.45) is -2.65. The lowest BCUT2D eigenvalue weighted by Gasteiger charge is -2.26. The topological polar surface area (TPSA) is 24.5 Å². The zero-order valence-corrected chi connectivity index (χ0v) is 13.3. The molecule has 0 spiro atoms. The van der Waals surface area contributed by atoms with Gasteiger partial charge in [-0.15, -0.1) is 13.2 Å². The summed E-state index contributed by atoms with van der Waals surface area (Å²) in [7, 11) is 0. The number of rotatable bonds is 3. The van der Waals surface area contributed by atoms with E-state index in [1.54, 1.807) is 12.1 Å². The predicted molar refractivity (Wildman–Crippen MR) is 79.7 cm³/mol. The van der Waals surface area contributed by atoms with Gasteiger partial charge in [-0.05, 0) is 53.5 Å². The highest BCUT2D eigenvalue weighted by atomic mass is 79.9. The summed E-state index contributed by atoms with van der Waals surface area (Å²) in [5.41, 5.74) is 0.901. The Bertz CT molecular complexity index is 482. The molecule has 1 aliphatic heterocycles. The van der Waals surface area contributed by atoms with Gasteiger partial charge >= 0.3 is 6.36 Å². The number of nitrogens with one attached hydrogen (secondary N) is 1. The highest BCUT2D eigenvalue weighted by Crippen LogP contribution is 2.33. The number of hydrogen-bond acceptors (Lipinski definition) is 3. The molecule has 1 N–H and O–H groups in total. The standard InChI is InChI=1S/C14H18BrF3N2O/c1-2-10-9-20(7-3-6-19-10)11-4-5-13(12(15)8-11)21-14(16,17)18/h4-5,8,10,19H,2-3,6-7,9H2,1H3. The Labute approximate surface area is 130 Å². The van der Waals surface area contributed by atoms with E-state index in [9.17, 15) is 13.2 Å². The van der Waals surface area contributed by atoms with Crippen LogP contribution in [0.3, 0.4) is 0 Å². The molecule has 0 aromatic heterocycles. The summed E-state index contributed by atoms with van der Waals surface area (Å²) < 4.78 is 41.1. The Kier molecular flexibility index (Phi) is 5.37. The maximum Gasteiger partial charge on any atom is 0.573 e. The zero-order chi connectivity index (χ0) is 15.5. The fourth-order valence-electron chi connectivity index (χ4n) is 2.40. The van der Waals surface area contributed by atoms with E-state index in [0.717, 1.165) is 38.2 Å². The Morgan fingerprint density at radius 1 is 1.43 bits per heavy atom. The zero-order valence-electron chi connectivity index (χ0n) is 11.7. The van der Waals surface area contributed by atoms with Crippen LogP contribution in [0.15, 0.2) is 22.7 Å². The second-order valence-electron chi connectivity index (χ2n) is 5.02. The molecule has 1 saturated heterocycles. The lowest BCUT2D eigenvalue weighted by molar-refractivity contribution is -0.274. The largest absolute Gasteiger partial charge is 0.573 e. The first-order valence-corrected chi connectivity index (χ1v) is 7.72. The first-order chi connectivity index (χ1) is 9.89. The molecule has 3 nitrogen and oxygen atoms in total. The van der Waals surface area contributed by atoms with Gasteiger partial charge in [-0.3, -0.25) is 0 Å². The van der Waals surface area contributed by atoms with Crippen molar-refractivity contribution in [1.29, 1.82) is 0 Å². The third kappa shape index (κ3) is 4.78. The molecular weight excluding hydrogens is 349 g/mol. The molecule has 0 bridgehead atoms. The monoisotopic (exact) mass is 366 g/mol. The lowest BCUT2D eigenvalue weighted by Crippen LogP contribution is -2.37. The summed E-state index contributed by atoms with van der Waals surface area (Å²) in [5, 5.41) is 3.46. The number of nitrogens with zero attached hydrogens (tertiary/aromatic N) is 1. The van der Waals surface area contributed by atoms with Gasteiger partial charge in [0.1, 0.15) is 5.75 Å². The van der Waals surface area contributed by atoms with E-state index in [2.05, 4.69) is 37.8 Å². The average Bonchev–Trinajstić information content (AvgIpc) is 2.65. The van der Waals surface area contributed by atoms with Gasteiger partial charge in [-0.2, -0.15) is 0 Å². The first-order valence-electron chi connectivity index (χ1n) is 6.92. The Hall–Kier alpha value is -0.950. The van der Waals surface area contributed by atoms with Gasteiger partial charge < -0.3 is 15.0 Å². The number of benzene rings is 1. The van der Waals surface area contributed by atoms with Gasteiger partial charge in [0, 0.05) is 24.8 Å². The molecule has 0 saturated carbocycles. The molecule has 1 aliphatic rings. The molecule has 1 unspecified atom stereocenters. The average molecular weight is 367 g/mol. The van der Waals surface area contributed by atoms with Gasteiger partial charge in [-0.25, -0.2) is 0 Å². The van der Waals surface area contributed by atoms with E-state index >= 15 is 0 Å². The minimum absolute atomic E-state index is 0.216. The highest BCUT2D eigenvalue weighted by Gasteiger charge is 2.32. The van der Waals surface area contributed by atoms with E-state index in [0.29, 0.717) is 10.5 Å². The fourth-order valence-corrected chi connectivity index (χ4v) is 2.85. The molecule has 118 valence electrons. The SMILES string of the molecule is CCC1CN(c2ccc(OC(F)(F)F)c(Br)c2)CCCN1. The summed E-state index contributed by atoms with van der Waals surface area (Å²) in [6, 6.07) is 5.10. The summed E-state index contributed by atoms with van der Waals surface area (Å²) in [6.45, 7) is 4.82. The van der Waals surface area contributed by atoms with Crippen molar-refractivity contribution in [2.75, 3.05) is 24.5 Å². The van der Waals surface area contributed by atoms with Crippen LogP contribution >= 0.6 is 15.9 Å². The van der Waals surface area contributed by atoms with E-state index in [1.807, 2.05) is 0 Å². The van der Waals surface area contributed by atoms with Crippen LogP contribution in [-0.4, -0.2) is 32.0 Å². The van der Waals surface area contributed by atoms with Gasteiger partial charge in [0.15, 0.2) is 0 Å². The van der Waals surface area contributed by atoms with Crippen LogP contribution in [0.4, 0.5) is 18.9 Å². The minimum atomic E-state index is -4.68. The van der Waals surface area contributed by atoms with Crippen molar-refractivity contribution in [2.24, 2.45) is 0 Å². The first kappa shape index (κ1) is 16.4. The van der Waals surface area contributed by atoms with Crippen LogP contribution < -0.4 is 15.0 Å². The smallest absolute Gasteiger partial charge is 0.405 e. The molecule has 2 rings (SSSR count). The van der Waals surface area contributed by atoms with E-state index in [4.69, 9.17) is 0 Å². The molecule has 1 atom stereocenters. The van der Waals surface area contributed by atoms with Crippen molar-refractivity contribution >= 4 is 21.6 Å². The number of ether oxygens (including phenoxy) is 1. The normalized spacial score (nSPS) is 20.2. The second-order valence-corrected chi connectivity index (χ2v) is 5.88. The van der Waals surface area contributed by atoms with E-state index in [1.165, 1.54) is 6.07 Å². The minimum Gasteiger partial charge on any atom is -0.405 e. The van der Waals surface area contributed by atoms with Crippen molar-refractivity contribution in [1.82, 2.24) is 5.32 Å². The molecule has 0 radical (unpaired) electrons. The third-order valence-corrected chi connectivity index (χ3v) is 4.10. The molecule has 0 aliphatic carbocycles. The van der Waals surface area contributed by atoms with Crippen LogP contribution in [0, 0.1) is 0 Å². The number of alkyl halides is 3. The van der Waals surface area contributed by atoms with Crippen molar-refractivity contribution < 1.29 is 17.9 Å². The fraction of sp³-hybridized carbons (Fsp3) is 0.571. The van der Waals surface area contributed by atoms with Gasteiger partial charge in [-0.1, -0.05) is 6.92 Å². The molecule has 0 amide bonds. The second kappa shape index (κ2) is 6.87. The van der Waals surface area contributed by atoms with E-state index in [-0.39, 0.29) is 5.75 Å². The Balaban J connectivity index is 2.15. The Morgan fingerprint density at radius 2 is 2.19 bits per heavy atom. The summed E-state index contributed by atoms with van der Waals surface area (Å²) >= 11 is 3.15. The molecule has 1 aromatic rings. The number of hydrogen-bond donors (Lipinski definition) is 1. The van der Waals surface area contributed by atoms with Crippen LogP contribution in [0.25, 0.3) is 0 Å². The van der Waals surface area contributed by atoms with Gasteiger partial charge in [0.2, 0.25) is 0 Å². The van der Waals surface area contributed by atoms with Crippen LogP contribution in [0.2, 0.25) is 0 Å². The third-order valence-electron chi connectivity index (χ3n) is 3.48. The summed E-state index contributed by atoms with van der Waals surface area (Å²) in [4.78, 5) is 2.19. The van der Waals surface area contributed by atoms with Gasteiger partial charge in [0.25, 0.3) is 0 Å². The molecule has 1 heterocycles. The van der Waals surface area contributed by atoms with Crippen molar-refractivity contribution in [3.05, 3.63) is 22.7 Å². The number of halogens is 4. The van der Waals surface area contributed by atoms with Crippen LogP contribution in [0.5, 0.6) is 5.75 Å². The maximum absolute atomic E-state index is 12.3. The van der Waals surface area contributed by atoms with Crippen LogP contribution in [-0.2, 0) is 0 Å². The molecule has 1 aromatic carbocycles. The summed E-state index contributed by atoms with van der Waals surface area (Å²) in [5.74, 6) is -0.216. The van der Waals surface area contributed by atoms with E-state index < -0.39 is 6.36 Å². The Morgan fingerprint density at radius 3 is 2.81 bits per heavy atom. The lowest BCUT2D eigenvalue weighted by atomic mass is 10.2.